The second kappa shape index (κ2) is 7.67. The molecule has 0 aliphatic rings. The Hall–Kier alpha value is -2.04. The number of nitrogens with two attached hydrogens (primary N) is 1. The van der Waals surface area contributed by atoms with Crippen LogP contribution in [0.2, 0.25) is 0 Å². The van der Waals surface area contributed by atoms with Crippen LogP contribution in [0.5, 0.6) is 0 Å². The minimum atomic E-state index is -0.989. The van der Waals surface area contributed by atoms with E-state index in [2.05, 4.69) is 5.32 Å². The molecule has 116 valence electrons. The number of carboxylic acids is 1. The van der Waals surface area contributed by atoms with E-state index in [-0.39, 0.29) is 24.2 Å². The van der Waals surface area contributed by atoms with Gasteiger partial charge in [0.15, 0.2) is 0 Å². The van der Waals surface area contributed by atoms with Crippen molar-refractivity contribution in [2.75, 3.05) is 5.73 Å². The summed E-state index contributed by atoms with van der Waals surface area (Å²) in [7, 11) is 0. The van der Waals surface area contributed by atoms with Crippen molar-refractivity contribution in [2.45, 2.75) is 45.6 Å². The van der Waals surface area contributed by atoms with E-state index >= 15 is 0 Å². The zero-order valence-electron chi connectivity index (χ0n) is 12.8. The summed E-state index contributed by atoms with van der Waals surface area (Å²) in [4.78, 5) is 23.1. The highest BCUT2D eigenvalue weighted by Crippen LogP contribution is 2.20. The lowest BCUT2D eigenvalue weighted by molar-refractivity contribution is -0.142. The van der Waals surface area contributed by atoms with Crippen LogP contribution in [0.3, 0.4) is 0 Å². The number of carbonyl (C=O) groups excluding carboxylic acids is 1. The second-order valence-electron chi connectivity index (χ2n) is 5.86. The minimum absolute atomic E-state index is 0.0131. The fourth-order valence-electron chi connectivity index (χ4n) is 2.17. The van der Waals surface area contributed by atoms with Crippen molar-refractivity contribution in [3.63, 3.8) is 0 Å². The van der Waals surface area contributed by atoms with Crippen LogP contribution in [0, 0.1) is 5.92 Å². The molecule has 0 aliphatic heterocycles. The normalized spacial score (nSPS) is 13.7. The summed E-state index contributed by atoms with van der Waals surface area (Å²) < 4.78 is 0. The molecule has 0 saturated carbocycles. The Morgan fingerprint density at radius 2 is 1.76 bits per heavy atom. The van der Waals surface area contributed by atoms with Gasteiger partial charge in [-0.25, -0.2) is 4.79 Å². The Labute approximate surface area is 125 Å². The molecule has 0 aliphatic carbocycles. The Morgan fingerprint density at radius 3 is 2.24 bits per heavy atom. The van der Waals surface area contributed by atoms with Crippen LogP contribution < -0.4 is 11.1 Å². The van der Waals surface area contributed by atoms with Crippen molar-refractivity contribution in [3.05, 3.63) is 29.8 Å². The van der Waals surface area contributed by atoms with Gasteiger partial charge in [0, 0.05) is 12.1 Å². The van der Waals surface area contributed by atoms with Crippen LogP contribution in [0.4, 0.5) is 5.69 Å². The number of nitrogen functional groups attached to an aromatic ring is 1. The maximum absolute atomic E-state index is 12.0. The van der Waals surface area contributed by atoms with E-state index in [9.17, 15) is 9.59 Å². The third kappa shape index (κ3) is 5.85. The number of nitrogens with one attached hydrogen (secondary N) is 1. The Morgan fingerprint density at radius 1 is 1.19 bits per heavy atom. The summed E-state index contributed by atoms with van der Waals surface area (Å²) in [5.41, 5.74) is 7.32. The van der Waals surface area contributed by atoms with Crippen LogP contribution in [0.1, 0.15) is 45.1 Å². The zero-order valence-corrected chi connectivity index (χ0v) is 12.8. The third-order valence-electron chi connectivity index (χ3n) is 3.34. The Bertz CT molecular complexity index is 483. The monoisotopic (exact) mass is 292 g/mol. The van der Waals surface area contributed by atoms with E-state index < -0.39 is 12.0 Å². The highest BCUT2D eigenvalue weighted by molar-refractivity contribution is 5.83. The van der Waals surface area contributed by atoms with Gasteiger partial charge in [-0.05, 0) is 36.0 Å². The van der Waals surface area contributed by atoms with Gasteiger partial charge in [0.05, 0.1) is 0 Å². The zero-order chi connectivity index (χ0) is 16.0. The van der Waals surface area contributed by atoms with E-state index in [4.69, 9.17) is 10.8 Å². The fourth-order valence-corrected chi connectivity index (χ4v) is 2.17. The van der Waals surface area contributed by atoms with Crippen molar-refractivity contribution in [1.29, 1.82) is 0 Å². The topological polar surface area (TPSA) is 92.4 Å². The van der Waals surface area contributed by atoms with Gasteiger partial charge in [0.2, 0.25) is 5.91 Å². The molecule has 1 amide bonds. The quantitative estimate of drug-likeness (QED) is 0.673. The summed E-state index contributed by atoms with van der Waals surface area (Å²) in [6.45, 7) is 5.79. The first-order valence-corrected chi connectivity index (χ1v) is 7.17. The molecule has 0 aromatic heterocycles. The van der Waals surface area contributed by atoms with Crippen molar-refractivity contribution in [3.8, 4) is 0 Å². The van der Waals surface area contributed by atoms with E-state index in [0.29, 0.717) is 12.1 Å². The average Bonchev–Trinajstić information content (AvgIpc) is 2.37. The van der Waals surface area contributed by atoms with Crippen molar-refractivity contribution in [2.24, 2.45) is 5.92 Å². The van der Waals surface area contributed by atoms with Gasteiger partial charge in [0.1, 0.15) is 6.04 Å². The fraction of sp³-hybridized carbons (Fsp3) is 0.500. The standard InChI is InChI=1S/C16H24N2O3/c1-10(2)8-14(16(20)21)18-15(19)9-11(3)12-4-6-13(17)7-5-12/h4-7,10-11,14H,8-9,17H2,1-3H3,(H,18,19)(H,20,21)/t11?,14-/m1/s1. The first kappa shape index (κ1) is 17.0. The summed E-state index contributed by atoms with van der Waals surface area (Å²) in [5.74, 6) is -1.01. The summed E-state index contributed by atoms with van der Waals surface area (Å²) >= 11 is 0. The molecular formula is C16H24N2O3. The van der Waals surface area contributed by atoms with Gasteiger partial charge in [-0.2, -0.15) is 0 Å². The number of amides is 1. The molecule has 2 atom stereocenters. The number of aliphatic carboxylic acids is 1. The molecule has 21 heavy (non-hydrogen) atoms. The van der Waals surface area contributed by atoms with Crippen LogP contribution in [-0.4, -0.2) is 23.0 Å². The molecule has 1 aromatic rings. The predicted octanol–water partition coefficient (Wildman–Crippen LogP) is 2.38. The van der Waals surface area contributed by atoms with Crippen LogP contribution >= 0.6 is 0 Å². The van der Waals surface area contributed by atoms with E-state index in [1.165, 1.54) is 0 Å². The molecular weight excluding hydrogens is 268 g/mol. The smallest absolute Gasteiger partial charge is 0.326 e. The Balaban J connectivity index is 2.59. The van der Waals surface area contributed by atoms with Crippen LogP contribution in [0.15, 0.2) is 24.3 Å². The van der Waals surface area contributed by atoms with Crippen LogP contribution in [0.25, 0.3) is 0 Å². The van der Waals surface area contributed by atoms with Gasteiger partial charge < -0.3 is 16.2 Å². The number of hydrogen-bond donors (Lipinski definition) is 3. The Kier molecular flexibility index (Phi) is 6.21. The predicted molar refractivity (Wildman–Crippen MR) is 82.9 cm³/mol. The first-order valence-electron chi connectivity index (χ1n) is 7.17. The maximum Gasteiger partial charge on any atom is 0.326 e. The maximum atomic E-state index is 12.0. The van der Waals surface area contributed by atoms with Crippen molar-refractivity contribution in [1.82, 2.24) is 5.32 Å². The highest BCUT2D eigenvalue weighted by Gasteiger charge is 2.22. The number of rotatable bonds is 7. The summed E-state index contributed by atoms with van der Waals surface area (Å²) in [5, 5.41) is 11.7. The summed E-state index contributed by atoms with van der Waals surface area (Å²) in [6.07, 6.45) is 0.684. The third-order valence-corrected chi connectivity index (χ3v) is 3.34. The summed E-state index contributed by atoms with van der Waals surface area (Å²) in [6, 6.07) is 6.54. The second-order valence-corrected chi connectivity index (χ2v) is 5.86. The number of benzene rings is 1. The van der Waals surface area contributed by atoms with Gasteiger partial charge in [-0.1, -0.05) is 32.9 Å². The van der Waals surface area contributed by atoms with Gasteiger partial charge in [0.25, 0.3) is 0 Å². The minimum Gasteiger partial charge on any atom is -0.480 e. The van der Waals surface area contributed by atoms with Crippen LogP contribution in [-0.2, 0) is 9.59 Å². The van der Waals surface area contributed by atoms with E-state index in [1.54, 1.807) is 12.1 Å². The van der Waals surface area contributed by atoms with Gasteiger partial charge in [-0.3, -0.25) is 4.79 Å². The average molecular weight is 292 g/mol. The lowest BCUT2D eigenvalue weighted by atomic mass is 9.96. The lowest BCUT2D eigenvalue weighted by Gasteiger charge is -2.18. The molecule has 0 saturated heterocycles. The van der Waals surface area contributed by atoms with Crippen molar-refractivity contribution >= 4 is 17.6 Å². The molecule has 1 rings (SSSR count). The highest BCUT2D eigenvalue weighted by atomic mass is 16.4. The molecule has 0 fully saturated rings. The number of hydrogen-bond acceptors (Lipinski definition) is 3. The van der Waals surface area contributed by atoms with E-state index in [0.717, 1.165) is 5.56 Å². The van der Waals surface area contributed by atoms with Crippen molar-refractivity contribution < 1.29 is 14.7 Å². The molecule has 1 unspecified atom stereocenters. The molecule has 0 radical (unpaired) electrons. The molecule has 1 aromatic carbocycles. The molecule has 5 heteroatoms. The molecule has 0 heterocycles. The molecule has 4 N–H and O–H groups in total. The lowest BCUT2D eigenvalue weighted by Crippen LogP contribution is -2.41. The number of carbonyl (C=O) groups is 2. The number of carboxylic acid groups (broad SMARTS) is 1. The molecule has 0 bridgehead atoms. The molecule has 5 nitrogen and oxygen atoms in total. The first-order chi connectivity index (χ1) is 9.79. The number of anilines is 1. The largest absolute Gasteiger partial charge is 0.480 e. The van der Waals surface area contributed by atoms with E-state index in [1.807, 2.05) is 32.9 Å². The van der Waals surface area contributed by atoms with Gasteiger partial charge >= 0.3 is 5.97 Å². The van der Waals surface area contributed by atoms with Gasteiger partial charge in [-0.15, -0.1) is 0 Å². The molecule has 0 spiro atoms. The SMILES string of the molecule is CC(C)C[C@@H](NC(=O)CC(C)c1ccc(N)cc1)C(=O)O.